The molecule has 11 heteroatoms. The number of benzene rings is 1. The highest BCUT2D eigenvalue weighted by Gasteiger charge is 2.37. The second kappa shape index (κ2) is 13.6. The molecule has 0 N–H and O–H groups in total. The Balaban J connectivity index is 2.79. The quantitative estimate of drug-likeness (QED) is 0.177. The van der Waals surface area contributed by atoms with E-state index in [1.807, 2.05) is 13.8 Å². The number of ketones is 1. The van der Waals surface area contributed by atoms with Crippen LogP contribution in [0.4, 0.5) is 15.3 Å². The summed E-state index contributed by atoms with van der Waals surface area (Å²) in [4.78, 5) is 72.0. The Kier molecular flexibility index (Phi) is 11.0. The van der Waals surface area contributed by atoms with Crippen molar-refractivity contribution in [3.05, 3.63) is 34.9 Å². The highest BCUT2D eigenvalue weighted by molar-refractivity contribution is 6.40. The molecule has 41 heavy (non-hydrogen) atoms. The monoisotopic (exact) mass is 571 g/mol. The van der Waals surface area contributed by atoms with Gasteiger partial charge in [0.2, 0.25) is 5.91 Å². The topological polar surface area (TPSA) is 132 Å². The summed E-state index contributed by atoms with van der Waals surface area (Å²) in [5.74, 6) is -2.38. The second-order valence-corrected chi connectivity index (χ2v) is 11.6. The molecular weight excluding hydrogens is 530 g/mol. The number of aliphatic imine (C=N–C) groups is 1. The number of esters is 1. The van der Waals surface area contributed by atoms with Gasteiger partial charge in [0.05, 0.1) is 12.8 Å². The fraction of sp³-hybridized carbons (Fsp3) is 0.533. The molecule has 3 amide bonds. The molecular formula is C30H41N3O8. The van der Waals surface area contributed by atoms with Gasteiger partial charge in [-0.15, -0.1) is 0 Å². The molecule has 2 rings (SSSR count). The summed E-state index contributed by atoms with van der Waals surface area (Å²) >= 11 is 0. The van der Waals surface area contributed by atoms with Gasteiger partial charge in [0.15, 0.2) is 0 Å². The van der Waals surface area contributed by atoms with Gasteiger partial charge < -0.3 is 19.1 Å². The Bertz CT molecular complexity index is 1220. The molecule has 224 valence electrons. The van der Waals surface area contributed by atoms with Crippen LogP contribution in [-0.2, 0) is 23.8 Å². The number of Topliss-reactive ketones (excluding diaryl/α,β-unsaturated/α-hetero) is 1. The van der Waals surface area contributed by atoms with Crippen LogP contribution in [0.5, 0.6) is 0 Å². The number of imide groups is 1. The van der Waals surface area contributed by atoms with Crippen LogP contribution in [0, 0.1) is 0 Å². The molecule has 0 unspecified atom stereocenters. The maximum Gasteiger partial charge on any atom is 0.425 e. The lowest BCUT2D eigenvalue weighted by Gasteiger charge is -2.29. The molecule has 0 atom stereocenters. The van der Waals surface area contributed by atoms with Gasteiger partial charge >= 0.3 is 18.2 Å². The Morgan fingerprint density at radius 3 is 1.88 bits per heavy atom. The van der Waals surface area contributed by atoms with E-state index in [-0.39, 0.29) is 35.0 Å². The zero-order valence-electron chi connectivity index (χ0n) is 25.5. The lowest BCUT2D eigenvalue weighted by atomic mass is 10.0. The van der Waals surface area contributed by atoms with Gasteiger partial charge in [-0.2, -0.15) is 4.90 Å². The molecule has 0 aromatic heterocycles. The molecule has 0 radical (unpaired) electrons. The molecule has 1 aromatic rings. The molecule has 1 aliphatic rings. The van der Waals surface area contributed by atoms with E-state index in [0.29, 0.717) is 23.6 Å². The fourth-order valence-electron chi connectivity index (χ4n) is 3.93. The van der Waals surface area contributed by atoms with Crippen molar-refractivity contribution in [2.75, 3.05) is 20.2 Å². The zero-order valence-corrected chi connectivity index (χ0v) is 25.5. The number of nitrogens with zero attached hydrogens (tertiary/aromatic N) is 3. The summed E-state index contributed by atoms with van der Waals surface area (Å²) in [6.07, 6.45) is 0.787. The van der Waals surface area contributed by atoms with Crippen LogP contribution in [0.3, 0.4) is 0 Å². The smallest absolute Gasteiger partial charge is 0.425 e. The predicted molar refractivity (Wildman–Crippen MR) is 154 cm³/mol. The Morgan fingerprint density at radius 2 is 1.41 bits per heavy atom. The number of amidine groups is 1. The van der Waals surface area contributed by atoms with E-state index in [1.54, 1.807) is 58.6 Å². The number of hydrogen-bond donors (Lipinski definition) is 0. The van der Waals surface area contributed by atoms with Crippen molar-refractivity contribution >= 4 is 47.4 Å². The van der Waals surface area contributed by atoms with E-state index in [0.717, 1.165) is 20.0 Å². The second-order valence-electron chi connectivity index (χ2n) is 11.6. The SMILES string of the molecule is CCCN(CCC)C(=O)C1=Cc2ccc(C(=O)C(=O)OC)cc2N=C(N(C(=O)OC(C)(C)C)C(=O)OC(C)(C)C)C1. The van der Waals surface area contributed by atoms with E-state index >= 15 is 0 Å². The van der Waals surface area contributed by atoms with Crippen molar-refractivity contribution in [1.82, 2.24) is 9.80 Å². The number of hydrogen-bond acceptors (Lipinski definition) is 9. The van der Waals surface area contributed by atoms with E-state index < -0.39 is 35.1 Å². The van der Waals surface area contributed by atoms with Gasteiger partial charge in [-0.25, -0.2) is 19.4 Å². The zero-order chi connectivity index (χ0) is 31.1. The van der Waals surface area contributed by atoms with E-state index in [2.05, 4.69) is 9.73 Å². The third-order valence-corrected chi connectivity index (χ3v) is 5.55. The minimum atomic E-state index is -1.06. The summed E-state index contributed by atoms with van der Waals surface area (Å²) in [5.41, 5.74) is -1.06. The molecule has 0 saturated carbocycles. The minimum absolute atomic E-state index is 0.0124. The number of carbonyl (C=O) groups is 5. The average molecular weight is 572 g/mol. The van der Waals surface area contributed by atoms with Crippen LogP contribution in [0.2, 0.25) is 0 Å². The standard InChI is InChI=1S/C30H41N3O8/c1-10-14-32(15-11-2)25(35)21-16-19-12-13-20(24(34)26(36)39-9)17-22(19)31-23(18-21)33(27(37)40-29(3,4)5)28(38)41-30(6,7)8/h12-13,16-17H,10-11,14-15,18H2,1-9H3. The summed E-state index contributed by atoms with van der Waals surface area (Å²) < 4.78 is 15.6. The fourth-order valence-corrected chi connectivity index (χ4v) is 3.93. The van der Waals surface area contributed by atoms with Crippen LogP contribution in [0.15, 0.2) is 28.8 Å². The third-order valence-electron chi connectivity index (χ3n) is 5.55. The molecule has 1 heterocycles. The van der Waals surface area contributed by atoms with Crippen molar-refractivity contribution in [3.8, 4) is 0 Å². The van der Waals surface area contributed by atoms with E-state index in [9.17, 15) is 24.0 Å². The van der Waals surface area contributed by atoms with Crippen LogP contribution >= 0.6 is 0 Å². The first kappa shape index (κ1) is 33.2. The molecule has 1 aliphatic heterocycles. The first-order valence-corrected chi connectivity index (χ1v) is 13.6. The normalized spacial score (nSPS) is 13.1. The predicted octanol–water partition coefficient (Wildman–Crippen LogP) is 5.68. The number of carbonyl (C=O) groups excluding carboxylic acids is 5. The lowest BCUT2D eigenvalue weighted by molar-refractivity contribution is -0.135. The van der Waals surface area contributed by atoms with Gasteiger partial charge in [-0.1, -0.05) is 26.0 Å². The van der Waals surface area contributed by atoms with E-state index in [4.69, 9.17) is 9.47 Å². The Hall–Kier alpha value is -4.02. The number of ether oxygens (including phenoxy) is 3. The number of amides is 3. The van der Waals surface area contributed by atoms with Gasteiger partial charge in [-0.3, -0.25) is 9.59 Å². The average Bonchev–Trinajstić information content (AvgIpc) is 3.04. The minimum Gasteiger partial charge on any atom is -0.463 e. The van der Waals surface area contributed by atoms with E-state index in [1.165, 1.54) is 12.1 Å². The molecule has 0 aliphatic carbocycles. The first-order valence-electron chi connectivity index (χ1n) is 13.6. The van der Waals surface area contributed by atoms with Gasteiger partial charge in [-0.05, 0) is 66.5 Å². The van der Waals surface area contributed by atoms with Crippen LogP contribution in [0.25, 0.3) is 6.08 Å². The summed E-state index contributed by atoms with van der Waals surface area (Å²) in [7, 11) is 1.10. The Labute approximate surface area is 241 Å². The van der Waals surface area contributed by atoms with Gasteiger partial charge in [0.1, 0.15) is 17.0 Å². The summed E-state index contributed by atoms with van der Waals surface area (Å²) in [6.45, 7) is 14.8. The third kappa shape index (κ3) is 9.26. The van der Waals surface area contributed by atoms with Crippen LogP contribution in [-0.4, -0.2) is 76.9 Å². The summed E-state index contributed by atoms with van der Waals surface area (Å²) in [6, 6.07) is 4.31. The molecule has 11 nitrogen and oxygen atoms in total. The number of methoxy groups -OCH3 is 1. The molecule has 0 spiro atoms. The first-order chi connectivity index (χ1) is 19.0. The largest absolute Gasteiger partial charge is 0.463 e. The Morgan fingerprint density at radius 1 is 0.878 bits per heavy atom. The van der Waals surface area contributed by atoms with Crippen molar-refractivity contribution in [1.29, 1.82) is 0 Å². The van der Waals surface area contributed by atoms with Crippen molar-refractivity contribution in [2.45, 2.75) is 85.9 Å². The van der Waals surface area contributed by atoms with Crippen molar-refractivity contribution < 1.29 is 38.2 Å². The van der Waals surface area contributed by atoms with Crippen LogP contribution < -0.4 is 0 Å². The highest BCUT2D eigenvalue weighted by Crippen LogP contribution is 2.31. The van der Waals surface area contributed by atoms with Gasteiger partial charge in [0.25, 0.3) is 5.78 Å². The number of rotatable bonds is 7. The molecule has 1 aromatic carbocycles. The highest BCUT2D eigenvalue weighted by atomic mass is 16.6. The van der Waals surface area contributed by atoms with Crippen molar-refractivity contribution in [2.24, 2.45) is 4.99 Å². The lowest BCUT2D eigenvalue weighted by Crippen LogP contribution is -2.47. The molecule has 0 bridgehead atoms. The molecule has 0 saturated heterocycles. The molecule has 0 fully saturated rings. The van der Waals surface area contributed by atoms with Crippen LogP contribution in [0.1, 0.15) is 90.6 Å². The van der Waals surface area contributed by atoms with Crippen molar-refractivity contribution in [3.63, 3.8) is 0 Å². The maximum absolute atomic E-state index is 13.7. The summed E-state index contributed by atoms with van der Waals surface area (Å²) in [5, 5.41) is 0. The maximum atomic E-state index is 13.7. The van der Waals surface area contributed by atoms with Gasteiger partial charge in [0, 0.05) is 36.2 Å². The number of fused-ring (bicyclic) bond motifs is 1.